The molecule has 3 rings (SSSR count). The first-order chi connectivity index (χ1) is 13.7. The van der Waals surface area contributed by atoms with Gasteiger partial charge in [-0.2, -0.15) is 0 Å². The van der Waals surface area contributed by atoms with Crippen LogP contribution < -0.4 is 9.64 Å². The van der Waals surface area contributed by atoms with Gasteiger partial charge in [0, 0.05) is 0 Å². The van der Waals surface area contributed by atoms with E-state index in [-0.39, 0.29) is 5.92 Å². The second kappa shape index (κ2) is 10.1. The van der Waals surface area contributed by atoms with Gasteiger partial charge >= 0.3 is 0 Å². The second-order valence-electron chi connectivity index (χ2n) is 7.68. The summed E-state index contributed by atoms with van der Waals surface area (Å²) in [7, 11) is 0. The Labute approximate surface area is 169 Å². The molecule has 2 N–H and O–H groups in total. The summed E-state index contributed by atoms with van der Waals surface area (Å²) < 4.78 is 11.3. The second-order valence-corrected chi connectivity index (χ2v) is 7.68. The number of ether oxygens (including phenoxy) is 2. The maximum Gasteiger partial charge on any atom is 0.119 e. The molecule has 2 aromatic rings. The lowest BCUT2D eigenvalue weighted by molar-refractivity contribution is -0.910. The Hall–Kier alpha value is -1.88. The van der Waals surface area contributed by atoms with E-state index >= 15 is 0 Å². The van der Waals surface area contributed by atoms with Gasteiger partial charge in [-0.15, -0.1) is 0 Å². The Balaban J connectivity index is 1.90. The highest BCUT2D eigenvalue weighted by molar-refractivity contribution is 5.35. The summed E-state index contributed by atoms with van der Waals surface area (Å²) >= 11 is 0. The van der Waals surface area contributed by atoms with Gasteiger partial charge in [-0.05, 0) is 36.1 Å². The lowest BCUT2D eigenvalue weighted by atomic mass is 9.75. The van der Waals surface area contributed by atoms with E-state index in [1.165, 1.54) is 10.5 Å². The van der Waals surface area contributed by atoms with Crippen molar-refractivity contribution in [3.05, 3.63) is 65.7 Å². The minimum atomic E-state index is -0.921. The molecule has 4 heteroatoms. The van der Waals surface area contributed by atoms with Gasteiger partial charge in [0.15, 0.2) is 0 Å². The monoisotopic (exact) mass is 384 g/mol. The molecule has 4 nitrogen and oxygen atoms in total. The van der Waals surface area contributed by atoms with Gasteiger partial charge in [0.25, 0.3) is 0 Å². The molecule has 1 heterocycles. The van der Waals surface area contributed by atoms with E-state index in [1.807, 2.05) is 30.3 Å². The van der Waals surface area contributed by atoms with E-state index in [0.717, 1.165) is 50.6 Å². The Morgan fingerprint density at radius 2 is 1.71 bits per heavy atom. The van der Waals surface area contributed by atoms with E-state index in [1.54, 1.807) is 0 Å². The SMILES string of the molecule is CCCOc1ccc([C@](O)(CC)[C@@H](C[NH+]2CCOCC2)c2ccccc2)cc1. The summed E-state index contributed by atoms with van der Waals surface area (Å²) in [5.74, 6) is 0.883. The third kappa shape index (κ3) is 4.93. The topological polar surface area (TPSA) is 43.1 Å². The molecule has 1 aliphatic rings. The Morgan fingerprint density at radius 1 is 1.04 bits per heavy atom. The van der Waals surface area contributed by atoms with Crippen molar-refractivity contribution in [3.8, 4) is 5.75 Å². The van der Waals surface area contributed by atoms with Gasteiger partial charge in [-0.3, -0.25) is 0 Å². The maximum absolute atomic E-state index is 11.9. The van der Waals surface area contributed by atoms with E-state index in [4.69, 9.17) is 9.47 Å². The molecular formula is C24H34NO3+. The zero-order chi connectivity index (χ0) is 19.8. The number of nitrogens with one attached hydrogen (secondary N) is 1. The number of aliphatic hydroxyl groups is 1. The lowest BCUT2D eigenvalue weighted by Crippen LogP contribution is -3.14. The predicted molar refractivity (Wildman–Crippen MR) is 112 cm³/mol. The summed E-state index contributed by atoms with van der Waals surface area (Å²) in [5, 5.41) is 11.9. The van der Waals surface area contributed by atoms with Gasteiger partial charge in [-0.25, -0.2) is 0 Å². The molecule has 0 aromatic heterocycles. The quantitative estimate of drug-likeness (QED) is 0.699. The van der Waals surface area contributed by atoms with Gasteiger partial charge in [0.05, 0.1) is 32.3 Å². The first-order valence-electron chi connectivity index (χ1n) is 10.6. The number of morpholine rings is 1. The Morgan fingerprint density at radius 3 is 2.32 bits per heavy atom. The average Bonchev–Trinajstić information content (AvgIpc) is 2.77. The molecule has 1 fully saturated rings. The van der Waals surface area contributed by atoms with Crippen LogP contribution in [-0.4, -0.2) is 44.6 Å². The number of rotatable bonds is 9. The van der Waals surface area contributed by atoms with E-state index in [0.29, 0.717) is 13.0 Å². The van der Waals surface area contributed by atoms with E-state index in [9.17, 15) is 5.11 Å². The van der Waals surface area contributed by atoms with Crippen molar-refractivity contribution in [1.29, 1.82) is 0 Å². The summed E-state index contributed by atoms with van der Waals surface area (Å²) in [4.78, 5) is 1.50. The van der Waals surface area contributed by atoms with Crippen molar-refractivity contribution in [2.75, 3.05) is 39.5 Å². The predicted octanol–water partition coefficient (Wildman–Crippen LogP) is 2.77. The molecule has 2 aromatic carbocycles. The van der Waals surface area contributed by atoms with Crippen LogP contribution in [0.15, 0.2) is 54.6 Å². The largest absolute Gasteiger partial charge is 0.494 e. The van der Waals surface area contributed by atoms with Crippen LogP contribution in [0.25, 0.3) is 0 Å². The third-order valence-corrected chi connectivity index (χ3v) is 5.84. The molecule has 1 aliphatic heterocycles. The standard InChI is InChI=1S/C24H33NO3/c1-3-16-28-22-12-10-21(11-13-22)24(26,4-2)23(20-8-6-5-7-9-20)19-25-14-17-27-18-15-25/h5-13,23,26H,3-4,14-19H2,1-2H3/p+1/t23-,24+/m0/s1. The van der Waals surface area contributed by atoms with Crippen molar-refractivity contribution in [2.45, 2.75) is 38.2 Å². The summed E-state index contributed by atoms with van der Waals surface area (Å²) in [5.41, 5.74) is 1.23. The lowest BCUT2D eigenvalue weighted by Gasteiger charge is -2.38. The van der Waals surface area contributed by atoms with Crippen LogP contribution in [0.5, 0.6) is 5.75 Å². The molecule has 28 heavy (non-hydrogen) atoms. The number of hydrogen-bond donors (Lipinski definition) is 2. The van der Waals surface area contributed by atoms with Crippen molar-refractivity contribution in [1.82, 2.24) is 0 Å². The zero-order valence-corrected chi connectivity index (χ0v) is 17.2. The maximum atomic E-state index is 11.9. The van der Waals surface area contributed by atoms with Gasteiger partial charge in [0.1, 0.15) is 24.4 Å². The highest BCUT2D eigenvalue weighted by Gasteiger charge is 2.40. The first kappa shape index (κ1) is 20.8. The van der Waals surface area contributed by atoms with Gasteiger partial charge in [-0.1, -0.05) is 56.3 Å². The van der Waals surface area contributed by atoms with E-state index < -0.39 is 5.60 Å². The summed E-state index contributed by atoms with van der Waals surface area (Å²) in [6.45, 7) is 9.36. The molecule has 0 amide bonds. The third-order valence-electron chi connectivity index (χ3n) is 5.84. The highest BCUT2D eigenvalue weighted by atomic mass is 16.5. The minimum Gasteiger partial charge on any atom is -0.494 e. The van der Waals surface area contributed by atoms with Crippen LogP contribution in [0, 0.1) is 0 Å². The molecule has 0 spiro atoms. The van der Waals surface area contributed by atoms with Gasteiger partial charge < -0.3 is 19.5 Å². The van der Waals surface area contributed by atoms with Crippen LogP contribution >= 0.6 is 0 Å². The Bertz CT molecular complexity index is 698. The molecule has 2 atom stereocenters. The first-order valence-corrected chi connectivity index (χ1v) is 10.6. The van der Waals surface area contributed by atoms with Crippen LogP contribution in [0.1, 0.15) is 43.7 Å². The molecule has 1 saturated heterocycles. The van der Waals surface area contributed by atoms with Crippen molar-refractivity contribution in [2.24, 2.45) is 0 Å². The van der Waals surface area contributed by atoms with Crippen molar-refractivity contribution >= 4 is 0 Å². The van der Waals surface area contributed by atoms with Crippen LogP contribution in [0.2, 0.25) is 0 Å². The molecule has 0 bridgehead atoms. The zero-order valence-electron chi connectivity index (χ0n) is 17.2. The molecule has 0 saturated carbocycles. The van der Waals surface area contributed by atoms with Crippen molar-refractivity contribution < 1.29 is 19.5 Å². The van der Waals surface area contributed by atoms with Crippen LogP contribution in [0.3, 0.4) is 0 Å². The fraction of sp³-hybridized carbons (Fsp3) is 0.500. The molecular weight excluding hydrogens is 350 g/mol. The Kier molecular flexibility index (Phi) is 7.49. The molecule has 0 unspecified atom stereocenters. The van der Waals surface area contributed by atoms with Crippen molar-refractivity contribution in [3.63, 3.8) is 0 Å². The van der Waals surface area contributed by atoms with E-state index in [2.05, 4.69) is 38.1 Å². The number of benzene rings is 2. The summed E-state index contributed by atoms with van der Waals surface area (Å²) in [6.07, 6.45) is 1.64. The summed E-state index contributed by atoms with van der Waals surface area (Å²) in [6, 6.07) is 18.5. The minimum absolute atomic E-state index is 0.0224. The molecule has 0 radical (unpaired) electrons. The van der Waals surface area contributed by atoms with Crippen LogP contribution in [-0.2, 0) is 10.3 Å². The fourth-order valence-electron chi connectivity index (χ4n) is 4.11. The van der Waals surface area contributed by atoms with Crippen LogP contribution in [0.4, 0.5) is 0 Å². The van der Waals surface area contributed by atoms with Gasteiger partial charge in [0.2, 0.25) is 0 Å². The number of hydrogen-bond acceptors (Lipinski definition) is 3. The molecule has 0 aliphatic carbocycles. The normalized spacial score (nSPS) is 18.4. The number of quaternary nitrogens is 1. The highest BCUT2D eigenvalue weighted by Crippen LogP contribution is 2.39. The molecule has 152 valence electrons. The fourth-order valence-corrected chi connectivity index (χ4v) is 4.11. The average molecular weight is 385 g/mol. The smallest absolute Gasteiger partial charge is 0.119 e.